The van der Waals surface area contributed by atoms with E-state index in [9.17, 15) is 14.4 Å². The van der Waals surface area contributed by atoms with Crippen LogP contribution in [0.5, 0.6) is 11.5 Å². The van der Waals surface area contributed by atoms with Gasteiger partial charge in [-0.3, -0.25) is 14.5 Å². The first-order valence-corrected chi connectivity index (χ1v) is 15.6. The van der Waals surface area contributed by atoms with Crippen LogP contribution < -0.4 is 19.7 Å². The van der Waals surface area contributed by atoms with Gasteiger partial charge in [-0.2, -0.15) is 0 Å². The van der Waals surface area contributed by atoms with Gasteiger partial charge in [0.2, 0.25) is 5.91 Å². The maximum absolute atomic E-state index is 13.7. The van der Waals surface area contributed by atoms with Crippen LogP contribution in [0.3, 0.4) is 0 Å². The molecule has 5 rings (SSSR count). The number of rotatable bonds is 5. The second kappa shape index (κ2) is 14.2. The number of halogens is 1. The van der Waals surface area contributed by atoms with Crippen molar-refractivity contribution >= 4 is 35.3 Å². The van der Waals surface area contributed by atoms with E-state index >= 15 is 0 Å². The van der Waals surface area contributed by atoms with E-state index < -0.39 is 24.1 Å². The highest BCUT2D eigenvalue weighted by molar-refractivity contribution is 6.30. The molecule has 0 spiro atoms. The molecule has 2 atom stereocenters. The summed E-state index contributed by atoms with van der Waals surface area (Å²) in [5.41, 5.74) is 3.32. The molecule has 0 unspecified atom stereocenters. The van der Waals surface area contributed by atoms with Gasteiger partial charge in [0, 0.05) is 25.6 Å². The molecule has 45 heavy (non-hydrogen) atoms. The van der Waals surface area contributed by atoms with Crippen LogP contribution >= 0.6 is 11.6 Å². The summed E-state index contributed by atoms with van der Waals surface area (Å²) in [6.45, 7) is 7.17. The largest absolute Gasteiger partial charge is 0.493 e. The summed E-state index contributed by atoms with van der Waals surface area (Å²) in [5, 5.41) is 3.17. The van der Waals surface area contributed by atoms with E-state index in [2.05, 4.69) is 36.3 Å². The summed E-state index contributed by atoms with van der Waals surface area (Å²) >= 11 is 6.34. The standard InChI is InChI=1S/C34H39ClN4O6/c1-21(2)25-9-7-8-24(14-25)19-38-20-30(45-34(38)42)27-15-23-10-11-28(43-4)29(16-23)44-13-6-5-12-39(22(3)40)32-18-26(33(41)36-27)17-31(35)37-32/h7-11,14,16-18,21,27,30H,5-6,12-13,15,19-20H2,1-4H3,(H,36,41)/t27-,30+/m0/s1. The highest BCUT2D eigenvalue weighted by atomic mass is 35.5. The van der Waals surface area contributed by atoms with Gasteiger partial charge in [0.1, 0.15) is 17.1 Å². The number of methoxy groups -OCH3 is 1. The third-order valence-corrected chi connectivity index (χ3v) is 8.28. The smallest absolute Gasteiger partial charge is 0.410 e. The molecule has 2 aliphatic rings. The summed E-state index contributed by atoms with van der Waals surface area (Å²) in [4.78, 5) is 46.9. The summed E-state index contributed by atoms with van der Waals surface area (Å²) in [7, 11) is 1.58. The second-order valence-electron chi connectivity index (χ2n) is 11.7. The minimum atomic E-state index is -0.634. The average molecular weight is 635 g/mol. The van der Waals surface area contributed by atoms with Crippen LogP contribution in [0, 0.1) is 0 Å². The Morgan fingerprint density at radius 3 is 2.71 bits per heavy atom. The molecule has 4 bridgehead atoms. The number of carbonyl (C=O) groups excluding carboxylic acids is 3. The van der Waals surface area contributed by atoms with Crippen molar-refractivity contribution in [2.24, 2.45) is 0 Å². The van der Waals surface area contributed by atoms with Gasteiger partial charge in [-0.25, -0.2) is 9.78 Å². The minimum Gasteiger partial charge on any atom is -0.493 e. The van der Waals surface area contributed by atoms with Gasteiger partial charge < -0.3 is 24.4 Å². The number of nitrogens with zero attached hydrogens (tertiary/aromatic N) is 3. The molecule has 1 fully saturated rings. The molecule has 11 heteroatoms. The topological polar surface area (TPSA) is 110 Å². The van der Waals surface area contributed by atoms with E-state index in [0.29, 0.717) is 62.2 Å². The lowest BCUT2D eigenvalue weighted by Gasteiger charge is -2.25. The van der Waals surface area contributed by atoms with Crippen molar-refractivity contribution in [2.75, 3.05) is 31.7 Å². The van der Waals surface area contributed by atoms with Gasteiger partial charge >= 0.3 is 6.09 Å². The Balaban J connectivity index is 1.46. The first kappa shape index (κ1) is 32.1. The van der Waals surface area contributed by atoms with E-state index in [4.69, 9.17) is 25.8 Å². The molecule has 3 aromatic rings. The molecule has 3 heterocycles. The Hall–Kier alpha value is -4.31. The Labute approximate surface area is 268 Å². The van der Waals surface area contributed by atoms with Crippen molar-refractivity contribution in [3.05, 3.63) is 82.0 Å². The predicted molar refractivity (Wildman–Crippen MR) is 171 cm³/mol. The number of anilines is 1. The lowest BCUT2D eigenvalue weighted by molar-refractivity contribution is -0.116. The lowest BCUT2D eigenvalue weighted by Crippen LogP contribution is -2.46. The fourth-order valence-corrected chi connectivity index (χ4v) is 5.83. The molecule has 0 radical (unpaired) electrons. The lowest BCUT2D eigenvalue weighted by atomic mass is 9.99. The first-order chi connectivity index (χ1) is 21.6. The number of aromatic nitrogens is 1. The summed E-state index contributed by atoms with van der Waals surface area (Å²) in [6, 6.07) is 16.2. The zero-order valence-corrected chi connectivity index (χ0v) is 26.8. The average Bonchev–Trinajstić information content (AvgIpc) is 3.37. The molecular formula is C34H39ClN4O6. The number of pyridine rings is 1. The van der Waals surface area contributed by atoms with Gasteiger partial charge in [-0.1, -0.05) is 55.8 Å². The van der Waals surface area contributed by atoms with Gasteiger partial charge in [-0.05, 0) is 66.1 Å². The van der Waals surface area contributed by atoms with E-state index in [1.807, 2.05) is 30.3 Å². The highest BCUT2D eigenvalue weighted by Crippen LogP contribution is 2.30. The Morgan fingerprint density at radius 1 is 1.13 bits per heavy atom. The minimum absolute atomic E-state index is 0.0896. The molecule has 1 aromatic heterocycles. The normalized spacial score (nSPS) is 19.2. The van der Waals surface area contributed by atoms with Crippen LogP contribution in [0.15, 0.2) is 54.6 Å². The van der Waals surface area contributed by atoms with Crippen molar-refractivity contribution < 1.29 is 28.6 Å². The Kier molecular flexibility index (Phi) is 10.1. The third kappa shape index (κ3) is 7.86. The zero-order chi connectivity index (χ0) is 32.1. The number of fused-ring (bicyclic) bond motifs is 4. The number of hydrogen-bond acceptors (Lipinski definition) is 7. The van der Waals surface area contributed by atoms with Crippen molar-refractivity contribution in [3.8, 4) is 11.5 Å². The van der Waals surface area contributed by atoms with E-state index in [-0.39, 0.29) is 23.2 Å². The molecule has 238 valence electrons. The van der Waals surface area contributed by atoms with Crippen LogP contribution in [0.25, 0.3) is 0 Å². The molecule has 0 saturated carbocycles. The Bertz CT molecular complexity index is 1560. The molecule has 2 aromatic carbocycles. The SMILES string of the molecule is COc1ccc2cc1OCCCCN(C(C)=O)c1cc(cc(Cl)n1)C(=O)N[C@H]([C@H]1CN(Cc3cccc(C(C)C)c3)C(=O)O1)C2. The van der Waals surface area contributed by atoms with Crippen molar-refractivity contribution in [1.29, 1.82) is 0 Å². The van der Waals surface area contributed by atoms with Crippen LogP contribution in [0.1, 0.15) is 66.6 Å². The second-order valence-corrected chi connectivity index (χ2v) is 12.1. The molecular weight excluding hydrogens is 596 g/mol. The maximum atomic E-state index is 13.7. The molecule has 1 saturated heterocycles. The molecule has 10 nitrogen and oxygen atoms in total. The van der Waals surface area contributed by atoms with Crippen LogP contribution in [-0.4, -0.2) is 66.7 Å². The van der Waals surface area contributed by atoms with Crippen molar-refractivity contribution in [2.45, 2.75) is 64.6 Å². The molecule has 3 amide bonds. The number of hydrogen-bond donors (Lipinski definition) is 1. The maximum Gasteiger partial charge on any atom is 0.410 e. The fourth-order valence-electron chi connectivity index (χ4n) is 5.62. The van der Waals surface area contributed by atoms with Crippen molar-refractivity contribution in [3.63, 3.8) is 0 Å². The predicted octanol–water partition coefficient (Wildman–Crippen LogP) is 5.75. The number of carbonyl (C=O) groups is 3. The summed E-state index contributed by atoms with van der Waals surface area (Å²) in [6.07, 6.45) is 0.588. The van der Waals surface area contributed by atoms with Gasteiger partial charge in [0.25, 0.3) is 5.91 Å². The number of ether oxygens (including phenoxy) is 3. The van der Waals surface area contributed by atoms with E-state index in [0.717, 1.165) is 11.1 Å². The zero-order valence-electron chi connectivity index (χ0n) is 26.0. The summed E-state index contributed by atoms with van der Waals surface area (Å²) < 4.78 is 17.5. The third-order valence-electron chi connectivity index (χ3n) is 8.08. The first-order valence-electron chi connectivity index (χ1n) is 15.2. The number of cyclic esters (lactones) is 1. The molecule has 0 aliphatic carbocycles. The van der Waals surface area contributed by atoms with Crippen molar-refractivity contribution in [1.82, 2.24) is 15.2 Å². The molecule has 1 N–H and O–H groups in total. The van der Waals surface area contributed by atoms with E-state index in [1.54, 1.807) is 18.1 Å². The Morgan fingerprint density at radius 2 is 1.96 bits per heavy atom. The molecule has 2 aliphatic heterocycles. The number of nitrogens with one attached hydrogen (secondary N) is 1. The fraction of sp³-hybridized carbons (Fsp3) is 0.412. The van der Waals surface area contributed by atoms with E-state index in [1.165, 1.54) is 23.5 Å². The van der Waals surface area contributed by atoms with Gasteiger partial charge in [0.05, 0.1) is 26.3 Å². The number of amides is 3. The number of benzene rings is 2. The van der Waals surface area contributed by atoms with Crippen LogP contribution in [0.4, 0.5) is 10.6 Å². The highest BCUT2D eigenvalue weighted by Gasteiger charge is 2.38. The van der Waals surface area contributed by atoms with Crippen LogP contribution in [0.2, 0.25) is 5.15 Å². The summed E-state index contributed by atoms with van der Waals surface area (Å²) in [5.74, 6) is 1.16. The quantitative estimate of drug-likeness (QED) is 0.356. The monoisotopic (exact) mass is 634 g/mol. The van der Waals surface area contributed by atoms with Crippen LogP contribution in [-0.2, 0) is 22.5 Å². The van der Waals surface area contributed by atoms with Gasteiger partial charge in [0.15, 0.2) is 11.5 Å². The van der Waals surface area contributed by atoms with Gasteiger partial charge in [-0.15, -0.1) is 0 Å².